The molecule has 5 rings (SSSR count). The number of halogens is 4. The Morgan fingerprint density at radius 3 is 2.00 bits per heavy atom. The van der Waals surface area contributed by atoms with Gasteiger partial charge in [0.15, 0.2) is 17.3 Å². The maximum Gasteiger partial charge on any atom is 0.335 e. The molecule has 0 spiro atoms. The molecule has 40 heavy (non-hydrogen) atoms. The fourth-order valence-corrected chi connectivity index (χ4v) is 5.82. The molecule has 0 saturated heterocycles. The van der Waals surface area contributed by atoms with Gasteiger partial charge in [-0.3, -0.25) is 4.79 Å². The van der Waals surface area contributed by atoms with Crippen LogP contribution in [0.5, 0.6) is 0 Å². The second-order valence-corrected chi connectivity index (χ2v) is 10.2. The molecule has 11 heteroatoms. The molecule has 2 atom stereocenters. The molecule has 2 unspecified atom stereocenters. The number of nitrogens with one attached hydrogen (secondary N) is 3. The summed E-state index contributed by atoms with van der Waals surface area (Å²) < 4.78 is 57.0. The number of fused-ring (bicyclic) bond motifs is 1. The molecule has 5 N–H and O–H groups in total. The van der Waals surface area contributed by atoms with Gasteiger partial charge in [0.25, 0.3) is 0 Å². The molecule has 1 saturated carbocycles. The summed E-state index contributed by atoms with van der Waals surface area (Å²) in [7, 11) is 0. The first kappa shape index (κ1) is 27.4. The number of carbonyl (C=O) groups is 2. The lowest BCUT2D eigenvalue weighted by Gasteiger charge is -2.45. The second kappa shape index (κ2) is 10.8. The minimum absolute atomic E-state index is 0.102. The van der Waals surface area contributed by atoms with Crippen LogP contribution in [0.25, 0.3) is 0 Å². The van der Waals surface area contributed by atoms with E-state index in [1.165, 1.54) is 12.1 Å². The molecule has 210 valence electrons. The third-order valence-electron chi connectivity index (χ3n) is 7.73. The molecule has 1 fully saturated rings. The van der Waals surface area contributed by atoms with Crippen molar-refractivity contribution in [3.8, 4) is 0 Å². The molecule has 1 aliphatic heterocycles. The number of hydrogen-bond acceptors (Lipinski definition) is 5. The van der Waals surface area contributed by atoms with E-state index in [9.17, 15) is 32.3 Å². The van der Waals surface area contributed by atoms with Crippen molar-refractivity contribution in [3.63, 3.8) is 0 Å². The third kappa shape index (κ3) is 5.08. The van der Waals surface area contributed by atoms with Crippen molar-refractivity contribution < 1.29 is 37.4 Å². The first-order valence-corrected chi connectivity index (χ1v) is 12.9. The maximum atomic E-state index is 14.8. The maximum absolute atomic E-state index is 14.8. The molecular weight excluding hydrogens is 530 g/mol. The van der Waals surface area contributed by atoms with Crippen molar-refractivity contribution in [1.82, 2.24) is 0 Å². The van der Waals surface area contributed by atoms with Crippen LogP contribution in [0.1, 0.15) is 54.1 Å². The Kier molecular flexibility index (Phi) is 7.41. The lowest BCUT2D eigenvalue weighted by atomic mass is 9.70. The third-order valence-corrected chi connectivity index (χ3v) is 7.73. The average molecular weight is 558 g/mol. The van der Waals surface area contributed by atoms with E-state index >= 15 is 0 Å². The van der Waals surface area contributed by atoms with Crippen LogP contribution in [0, 0.1) is 35.1 Å². The number of hydrogen-bond donors (Lipinski definition) is 5. The smallest absolute Gasteiger partial charge is 0.335 e. The van der Waals surface area contributed by atoms with Crippen LogP contribution in [-0.4, -0.2) is 27.8 Å². The molecule has 0 radical (unpaired) electrons. The van der Waals surface area contributed by atoms with E-state index in [1.807, 2.05) is 0 Å². The predicted molar refractivity (Wildman–Crippen MR) is 140 cm³/mol. The molecule has 3 aromatic carbocycles. The Labute approximate surface area is 227 Å². The van der Waals surface area contributed by atoms with Crippen molar-refractivity contribution in [1.29, 1.82) is 0 Å². The van der Waals surface area contributed by atoms with Crippen molar-refractivity contribution in [2.75, 3.05) is 16.0 Å². The minimum Gasteiger partial charge on any atom is -0.478 e. The summed E-state index contributed by atoms with van der Waals surface area (Å²) in [5.74, 6) is -7.33. The van der Waals surface area contributed by atoms with Crippen molar-refractivity contribution in [2.45, 2.75) is 43.9 Å². The highest BCUT2D eigenvalue weighted by Gasteiger charge is 2.55. The zero-order valence-corrected chi connectivity index (χ0v) is 21.2. The topological polar surface area (TPSA) is 111 Å². The summed E-state index contributed by atoms with van der Waals surface area (Å²) in [4.78, 5) is 25.3. The first-order chi connectivity index (χ1) is 19.1. The summed E-state index contributed by atoms with van der Waals surface area (Å²) in [6.45, 7) is 0. The number of rotatable bonds is 7. The molecule has 2 aliphatic rings. The highest BCUT2D eigenvalue weighted by Crippen LogP contribution is 2.49. The lowest BCUT2D eigenvalue weighted by Crippen LogP contribution is -2.60. The number of carbonyl (C=O) groups excluding carboxylic acids is 1. The van der Waals surface area contributed by atoms with Gasteiger partial charge in [-0.15, -0.1) is 0 Å². The van der Waals surface area contributed by atoms with Crippen LogP contribution in [0.4, 0.5) is 34.6 Å². The molecule has 3 aromatic rings. The lowest BCUT2D eigenvalue weighted by molar-refractivity contribution is -0.126. The van der Waals surface area contributed by atoms with Crippen LogP contribution in [0.15, 0.2) is 54.6 Å². The van der Waals surface area contributed by atoms with Crippen LogP contribution >= 0.6 is 0 Å². The Morgan fingerprint density at radius 1 is 0.850 bits per heavy atom. The van der Waals surface area contributed by atoms with Crippen LogP contribution in [0.2, 0.25) is 0 Å². The van der Waals surface area contributed by atoms with Crippen LogP contribution in [0.3, 0.4) is 0 Å². The van der Waals surface area contributed by atoms with E-state index in [-0.39, 0.29) is 34.1 Å². The number of anilines is 3. The standard InChI is InChI=1S/C29H27F4N3O4/c30-18-9-6-16(7-10-18)26(37)29(35-23-13-19(31)20(32)14-24(23)36-29)25(15-4-2-1-3-5-15)27(38)34-22-11-8-17(28(39)40)12-21(22)33/h6-15,25-26,35-37H,1-5H2,(H,34,38)(H,39,40). The second-order valence-electron chi connectivity index (χ2n) is 10.2. The highest BCUT2D eigenvalue weighted by molar-refractivity contribution is 5.96. The predicted octanol–water partition coefficient (Wildman–Crippen LogP) is 6.04. The zero-order chi connectivity index (χ0) is 28.6. The van der Waals surface area contributed by atoms with Crippen molar-refractivity contribution >= 4 is 28.9 Å². The molecule has 1 heterocycles. The Morgan fingerprint density at radius 2 is 1.45 bits per heavy atom. The van der Waals surface area contributed by atoms with Gasteiger partial charge in [-0.2, -0.15) is 0 Å². The van der Waals surface area contributed by atoms with Gasteiger partial charge in [-0.1, -0.05) is 31.4 Å². The van der Waals surface area contributed by atoms with Gasteiger partial charge < -0.3 is 26.2 Å². The van der Waals surface area contributed by atoms with Gasteiger partial charge in [-0.05, 0) is 54.7 Å². The van der Waals surface area contributed by atoms with E-state index in [4.69, 9.17) is 5.11 Å². The normalized spacial score (nSPS) is 17.7. The molecule has 1 aliphatic carbocycles. The number of carboxylic acids is 1. The Hall–Kier alpha value is -4.12. The van der Waals surface area contributed by atoms with Gasteiger partial charge >= 0.3 is 5.97 Å². The van der Waals surface area contributed by atoms with E-state index in [0.717, 1.165) is 61.7 Å². The Bertz CT molecular complexity index is 1410. The highest BCUT2D eigenvalue weighted by atomic mass is 19.2. The quantitative estimate of drug-likeness (QED) is 0.227. The van der Waals surface area contributed by atoms with E-state index in [0.29, 0.717) is 12.8 Å². The molecule has 7 nitrogen and oxygen atoms in total. The van der Waals surface area contributed by atoms with Gasteiger partial charge in [0, 0.05) is 12.1 Å². The van der Waals surface area contributed by atoms with E-state index in [1.54, 1.807) is 0 Å². The number of aromatic carboxylic acids is 1. The Balaban J connectivity index is 1.61. The van der Waals surface area contributed by atoms with Crippen molar-refractivity contribution in [2.24, 2.45) is 11.8 Å². The molecule has 0 aromatic heterocycles. The fourth-order valence-electron chi connectivity index (χ4n) is 5.82. The van der Waals surface area contributed by atoms with Gasteiger partial charge in [0.2, 0.25) is 5.91 Å². The molecule has 1 amide bonds. The number of aliphatic hydroxyl groups is 1. The summed E-state index contributed by atoms with van der Waals surface area (Å²) in [5.41, 5.74) is -1.92. The largest absolute Gasteiger partial charge is 0.478 e. The number of benzene rings is 3. The molecule has 0 bridgehead atoms. The van der Waals surface area contributed by atoms with Crippen LogP contribution in [-0.2, 0) is 4.79 Å². The zero-order valence-electron chi connectivity index (χ0n) is 21.2. The van der Waals surface area contributed by atoms with E-state index in [2.05, 4.69) is 16.0 Å². The van der Waals surface area contributed by atoms with E-state index < -0.39 is 52.8 Å². The monoisotopic (exact) mass is 557 g/mol. The summed E-state index contributed by atoms with van der Waals surface area (Å²) in [5, 5.41) is 29.6. The van der Waals surface area contributed by atoms with Crippen molar-refractivity contribution in [3.05, 3.63) is 89.0 Å². The number of aliphatic hydroxyl groups excluding tert-OH is 1. The number of carboxylic acid groups (broad SMARTS) is 1. The van der Waals surface area contributed by atoms with Crippen LogP contribution < -0.4 is 16.0 Å². The SMILES string of the molecule is O=C(O)c1ccc(NC(=O)C(C2CCCCC2)C2(C(O)c3ccc(F)cc3)Nc3cc(F)c(F)cc3N2)c(F)c1. The van der Waals surface area contributed by atoms with Gasteiger partial charge in [-0.25, -0.2) is 22.4 Å². The minimum atomic E-state index is -1.77. The summed E-state index contributed by atoms with van der Waals surface area (Å²) in [6, 6.07) is 9.86. The summed E-state index contributed by atoms with van der Waals surface area (Å²) in [6.07, 6.45) is 2.13. The average Bonchev–Trinajstić information content (AvgIpc) is 3.29. The first-order valence-electron chi connectivity index (χ1n) is 12.9. The fraction of sp³-hybridized carbons (Fsp3) is 0.310. The number of amides is 1. The molecular formula is C29H27F4N3O4. The van der Waals surface area contributed by atoms with Gasteiger partial charge in [0.1, 0.15) is 17.7 Å². The van der Waals surface area contributed by atoms with Gasteiger partial charge in [0.05, 0.1) is 28.5 Å². The summed E-state index contributed by atoms with van der Waals surface area (Å²) >= 11 is 0.